The molecule has 1 aromatic carbocycles. The number of non-ortho nitro benzene ring substituents is 1. The molecular formula is C21H24N4O4. The van der Waals surface area contributed by atoms with Crippen molar-refractivity contribution >= 4 is 17.5 Å². The van der Waals surface area contributed by atoms with Gasteiger partial charge in [0.1, 0.15) is 6.54 Å². The molecule has 1 saturated carbocycles. The smallest absolute Gasteiger partial charge is 0.270 e. The van der Waals surface area contributed by atoms with E-state index in [1.807, 2.05) is 34.8 Å². The molecule has 8 nitrogen and oxygen atoms in total. The lowest BCUT2D eigenvalue weighted by Gasteiger charge is -2.27. The van der Waals surface area contributed by atoms with Gasteiger partial charge in [-0.15, -0.1) is 6.58 Å². The van der Waals surface area contributed by atoms with Gasteiger partial charge in [-0.1, -0.05) is 12.1 Å². The van der Waals surface area contributed by atoms with Crippen LogP contribution in [0.5, 0.6) is 0 Å². The first-order valence-electron chi connectivity index (χ1n) is 9.45. The molecular weight excluding hydrogens is 372 g/mol. The summed E-state index contributed by atoms with van der Waals surface area (Å²) < 4.78 is 1.97. The molecule has 0 spiro atoms. The van der Waals surface area contributed by atoms with Crippen LogP contribution in [-0.4, -0.2) is 50.2 Å². The molecule has 152 valence electrons. The molecule has 0 bridgehead atoms. The molecule has 29 heavy (non-hydrogen) atoms. The lowest BCUT2D eigenvalue weighted by atomic mass is 10.1. The number of nitrogens with zero attached hydrogens (tertiary/aromatic N) is 4. The van der Waals surface area contributed by atoms with Crippen LogP contribution in [0.2, 0.25) is 0 Å². The standard InChI is InChI=1S/C21H24N4O4/c1-3-11-23(21(27)16-6-4-7-18(13-16)25(28)29)15-20(26)24(17-9-10-17)14-19-8-5-12-22(19)2/h3-8,12-13,17H,1,9-11,14-15H2,2H3. The molecule has 1 aromatic heterocycles. The van der Waals surface area contributed by atoms with E-state index < -0.39 is 10.8 Å². The van der Waals surface area contributed by atoms with Gasteiger partial charge in [0.2, 0.25) is 5.91 Å². The van der Waals surface area contributed by atoms with Gasteiger partial charge in [-0.25, -0.2) is 0 Å². The van der Waals surface area contributed by atoms with Crippen LogP contribution in [0.15, 0.2) is 55.3 Å². The van der Waals surface area contributed by atoms with E-state index in [2.05, 4.69) is 6.58 Å². The number of nitro benzene ring substituents is 1. The van der Waals surface area contributed by atoms with Crippen molar-refractivity contribution in [2.45, 2.75) is 25.4 Å². The normalized spacial score (nSPS) is 13.0. The van der Waals surface area contributed by atoms with E-state index in [-0.39, 0.29) is 36.3 Å². The molecule has 1 fully saturated rings. The van der Waals surface area contributed by atoms with Crippen LogP contribution < -0.4 is 0 Å². The Hall–Kier alpha value is -3.42. The quantitative estimate of drug-likeness (QED) is 0.370. The van der Waals surface area contributed by atoms with Crippen molar-refractivity contribution in [3.05, 3.63) is 76.6 Å². The van der Waals surface area contributed by atoms with Gasteiger partial charge in [-0.3, -0.25) is 19.7 Å². The average molecular weight is 396 g/mol. The fourth-order valence-electron chi connectivity index (χ4n) is 3.21. The molecule has 0 aliphatic heterocycles. The minimum Gasteiger partial charge on any atom is -0.353 e. The van der Waals surface area contributed by atoms with E-state index in [4.69, 9.17) is 0 Å². The van der Waals surface area contributed by atoms with Gasteiger partial charge in [0.25, 0.3) is 11.6 Å². The molecule has 0 radical (unpaired) electrons. The van der Waals surface area contributed by atoms with Crippen LogP contribution in [-0.2, 0) is 18.4 Å². The lowest BCUT2D eigenvalue weighted by Crippen LogP contribution is -2.43. The zero-order valence-electron chi connectivity index (χ0n) is 16.4. The number of amides is 2. The molecule has 1 heterocycles. The van der Waals surface area contributed by atoms with Crippen molar-refractivity contribution in [3.8, 4) is 0 Å². The van der Waals surface area contributed by atoms with Gasteiger partial charge >= 0.3 is 0 Å². The fraction of sp³-hybridized carbons (Fsp3) is 0.333. The molecule has 8 heteroatoms. The summed E-state index contributed by atoms with van der Waals surface area (Å²) in [5.74, 6) is -0.578. The molecule has 0 unspecified atom stereocenters. The number of hydrogen-bond acceptors (Lipinski definition) is 4. The Bertz CT molecular complexity index is 932. The second kappa shape index (κ2) is 8.72. The van der Waals surface area contributed by atoms with Crippen LogP contribution in [0.3, 0.4) is 0 Å². The number of aryl methyl sites for hydroxylation is 1. The summed E-state index contributed by atoms with van der Waals surface area (Å²) in [6.45, 7) is 4.22. The number of hydrogen-bond donors (Lipinski definition) is 0. The minimum atomic E-state index is -0.547. The fourth-order valence-corrected chi connectivity index (χ4v) is 3.21. The summed E-state index contributed by atoms with van der Waals surface area (Å²) in [5, 5.41) is 11.0. The first kappa shape index (κ1) is 20.3. The number of rotatable bonds is 9. The summed E-state index contributed by atoms with van der Waals surface area (Å²) in [6, 6.07) is 9.62. The third kappa shape index (κ3) is 4.90. The Morgan fingerprint density at radius 1 is 1.31 bits per heavy atom. The second-order valence-electron chi connectivity index (χ2n) is 7.15. The maximum atomic E-state index is 13.0. The highest BCUT2D eigenvalue weighted by Crippen LogP contribution is 2.28. The van der Waals surface area contributed by atoms with Crippen molar-refractivity contribution in [3.63, 3.8) is 0 Å². The van der Waals surface area contributed by atoms with Crippen LogP contribution in [0.1, 0.15) is 28.9 Å². The molecule has 0 atom stereocenters. The molecule has 1 aliphatic carbocycles. The molecule has 0 N–H and O–H groups in total. The van der Waals surface area contributed by atoms with Gasteiger partial charge in [-0.05, 0) is 31.0 Å². The zero-order valence-corrected chi connectivity index (χ0v) is 16.4. The third-order valence-electron chi connectivity index (χ3n) is 4.96. The lowest BCUT2D eigenvalue weighted by molar-refractivity contribution is -0.384. The van der Waals surface area contributed by atoms with E-state index >= 15 is 0 Å². The second-order valence-corrected chi connectivity index (χ2v) is 7.15. The predicted octanol–water partition coefficient (Wildman–Crippen LogP) is 2.75. The molecule has 0 saturated heterocycles. The average Bonchev–Trinajstić information content (AvgIpc) is 3.47. The van der Waals surface area contributed by atoms with Gasteiger partial charge in [0.15, 0.2) is 0 Å². The van der Waals surface area contributed by atoms with Gasteiger partial charge in [0.05, 0.1) is 11.5 Å². The number of benzene rings is 1. The van der Waals surface area contributed by atoms with E-state index in [9.17, 15) is 19.7 Å². The third-order valence-corrected chi connectivity index (χ3v) is 4.96. The molecule has 3 rings (SSSR count). The Kier molecular flexibility index (Phi) is 6.11. The Labute approximate surface area is 169 Å². The van der Waals surface area contributed by atoms with Crippen LogP contribution in [0.4, 0.5) is 5.69 Å². The number of nitro groups is 1. The SMILES string of the molecule is C=CCN(CC(=O)N(Cc1cccn1C)C1CC1)C(=O)c1cccc([N+](=O)[O-])c1. The zero-order chi connectivity index (χ0) is 21.0. The summed E-state index contributed by atoms with van der Waals surface area (Å²) in [7, 11) is 1.93. The van der Waals surface area contributed by atoms with Crippen molar-refractivity contribution in [1.29, 1.82) is 0 Å². The van der Waals surface area contributed by atoms with Crippen molar-refractivity contribution < 1.29 is 14.5 Å². The Morgan fingerprint density at radius 3 is 2.66 bits per heavy atom. The van der Waals surface area contributed by atoms with Gasteiger partial charge < -0.3 is 14.4 Å². The topological polar surface area (TPSA) is 88.7 Å². The number of aromatic nitrogens is 1. The number of carbonyl (C=O) groups is 2. The largest absolute Gasteiger partial charge is 0.353 e. The maximum Gasteiger partial charge on any atom is 0.270 e. The van der Waals surface area contributed by atoms with Gasteiger partial charge in [-0.2, -0.15) is 0 Å². The highest BCUT2D eigenvalue weighted by Gasteiger charge is 2.34. The summed E-state index contributed by atoms with van der Waals surface area (Å²) in [6.07, 6.45) is 5.38. The van der Waals surface area contributed by atoms with Crippen molar-refractivity contribution in [1.82, 2.24) is 14.4 Å². The number of carbonyl (C=O) groups excluding carboxylic acids is 2. The first-order valence-corrected chi connectivity index (χ1v) is 9.45. The maximum absolute atomic E-state index is 13.0. The summed E-state index contributed by atoms with van der Waals surface area (Å²) >= 11 is 0. The van der Waals surface area contributed by atoms with E-state index in [0.29, 0.717) is 6.54 Å². The first-order chi connectivity index (χ1) is 13.9. The Balaban J connectivity index is 1.76. The predicted molar refractivity (Wildman–Crippen MR) is 108 cm³/mol. The molecule has 2 aromatic rings. The Morgan fingerprint density at radius 2 is 2.07 bits per heavy atom. The van der Waals surface area contributed by atoms with Crippen LogP contribution in [0, 0.1) is 10.1 Å². The summed E-state index contributed by atoms with van der Waals surface area (Å²) in [5.41, 5.74) is 1.03. The summed E-state index contributed by atoms with van der Waals surface area (Å²) in [4.78, 5) is 39.6. The minimum absolute atomic E-state index is 0.103. The molecule has 2 amide bonds. The van der Waals surface area contributed by atoms with E-state index in [1.54, 1.807) is 6.08 Å². The van der Waals surface area contributed by atoms with Crippen LogP contribution >= 0.6 is 0 Å². The van der Waals surface area contributed by atoms with Crippen LogP contribution in [0.25, 0.3) is 0 Å². The van der Waals surface area contributed by atoms with Crippen molar-refractivity contribution in [2.75, 3.05) is 13.1 Å². The monoisotopic (exact) mass is 396 g/mol. The highest BCUT2D eigenvalue weighted by atomic mass is 16.6. The van der Waals surface area contributed by atoms with Gasteiger partial charge in [0, 0.05) is 49.2 Å². The highest BCUT2D eigenvalue weighted by molar-refractivity contribution is 5.97. The molecule has 1 aliphatic rings. The van der Waals surface area contributed by atoms with Crippen molar-refractivity contribution in [2.24, 2.45) is 7.05 Å². The van der Waals surface area contributed by atoms with E-state index in [1.165, 1.54) is 29.2 Å². The van der Waals surface area contributed by atoms with E-state index in [0.717, 1.165) is 18.5 Å².